The average molecular weight is 387 g/mol. The molecule has 1 unspecified atom stereocenters. The monoisotopic (exact) mass is 387 g/mol. The summed E-state index contributed by atoms with van der Waals surface area (Å²) in [5, 5.41) is 6.20. The molecule has 0 bridgehead atoms. The van der Waals surface area contributed by atoms with Crippen molar-refractivity contribution in [2.75, 3.05) is 0 Å². The molecule has 2 nitrogen and oxygen atoms in total. The predicted octanol–water partition coefficient (Wildman–Crippen LogP) is 6.82. The van der Waals surface area contributed by atoms with E-state index in [-0.39, 0.29) is 5.92 Å². The maximum atomic E-state index is 11.8. The molecule has 1 aromatic heterocycles. The van der Waals surface area contributed by atoms with Crippen LogP contribution in [-0.4, -0.2) is 11.3 Å². The standard InChI is InChI=1S/C28H21NO/c30-17-19-16-28(29-27-11-4-3-8-21(19)27)26-10-5-9-22-24-13-12-18-6-1-2-7-20(18)23(24)14-15-25(22)26/h1-4,6-8,11-17,26H,5,9-10H2. The number of aromatic nitrogens is 1. The molecule has 0 fully saturated rings. The third-order valence-corrected chi connectivity index (χ3v) is 6.62. The van der Waals surface area contributed by atoms with Crippen molar-refractivity contribution < 1.29 is 4.79 Å². The first-order valence-corrected chi connectivity index (χ1v) is 10.6. The molecule has 0 spiro atoms. The number of pyridine rings is 1. The van der Waals surface area contributed by atoms with Crippen LogP contribution in [0.2, 0.25) is 0 Å². The van der Waals surface area contributed by atoms with Crippen LogP contribution in [0.25, 0.3) is 32.4 Å². The molecule has 144 valence electrons. The molecule has 0 amide bonds. The third kappa shape index (κ3) is 2.57. The van der Waals surface area contributed by atoms with Crippen molar-refractivity contribution in [1.82, 2.24) is 4.98 Å². The number of aldehydes is 1. The molecule has 5 aromatic rings. The van der Waals surface area contributed by atoms with Gasteiger partial charge in [-0.05, 0) is 64.1 Å². The van der Waals surface area contributed by atoms with Crippen molar-refractivity contribution in [2.24, 2.45) is 0 Å². The van der Waals surface area contributed by atoms with Crippen LogP contribution in [-0.2, 0) is 6.42 Å². The van der Waals surface area contributed by atoms with Crippen molar-refractivity contribution in [2.45, 2.75) is 25.2 Å². The number of carbonyl (C=O) groups excluding carboxylic acids is 1. The van der Waals surface area contributed by atoms with E-state index in [9.17, 15) is 4.79 Å². The van der Waals surface area contributed by atoms with E-state index in [4.69, 9.17) is 4.98 Å². The van der Waals surface area contributed by atoms with E-state index in [1.54, 1.807) is 0 Å². The number of benzene rings is 4. The lowest BCUT2D eigenvalue weighted by Gasteiger charge is -2.27. The Morgan fingerprint density at radius 3 is 2.50 bits per heavy atom. The molecule has 1 heterocycles. The molecular weight excluding hydrogens is 366 g/mol. The zero-order chi connectivity index (χ0) is 20.1. The summed E-state index contributed by atoms with van der Waals surface area (Å²) in [7, 11) is 0. The molecule has 1 aliphatic rings. The molecule has 0 N–H and O–H groups in total. The largest absolute Gasteiger partial charge is 0.298 e. The summed E-state index contributed by atoms with van der Waals surface area (Å²) >= 11 is 0. The van der Waals surface area contributed by atoms with Crippen molar-refractivity contribution >= 4 is 38.7 Å². The maximum absolute atomic E-state index is 11.8. The number of carbonyl (C=O) groups is 1. The highest BCUT2D eigenvalue weighted by atomic mass is 16.1. The van der Waals surface area contributed by atoms with Gasteiger partial charge in [0.2, 0.25) is 0 Å². The van der Waals surface area contributed by atoms with Gasteiger partial charge in [-0.25, -0.2) is 0 Å². The van der Waals surface area contributed by atoms with E-state index in [0.29, 0.717) is 0 Å². The highest BCUT2D eigenvalue weighted by Crippen LogP contribution is 2.41. The van der Waals surface area contributed by atoms with Gasteiger partial charge in [0.1, 0.15) is 0 Å². The van der Waals surface area contributed by atoms with Gasteiger partial charge in [-0.3, -0.25) is 9.78 Å². The minimum absolute atomic E-state index is 0.230. The summed E-state index contributed by atoms with van der Waals surface area (Å²) in [5.41, 5.74) is 5.45. The van der Waals surface area contributed by atoms with Gasteiger partial charge in [0, 0.05) is 22.6 Å². The Morgan fingerprint density at radius 2 is 1.60 bits per heavy atom. The van der Waals surface area contributed by atoms with Crippen LogP contribution in [0.15, 0.2) is 78.9 Å². The number of fused-ring (bicyclic) bond motifs is 6. The summed E-state index contributed by atoms with van der Waals surface area (Å²) in [5.74, 6) is 0.230. The quantitative estimate of drug-likeness (QED) is 0.246. The first kappa shape index (κ1) is 17.3. The molecule has 0 aliphatic heterocycles. The van der Waals surface area contributed by atoms with Gasteiger partial charge < -0.3 is 0 Å². The smallest absolute Gasteiger partial charge is 0.150 e. The summed E-state index contributed by atoms with van der Waals surface area (Å²) in [6.07, 6.45) is 4.25. The second kappa shape index (κ2) is 6.77. The van der Waals surface area contributed by atoms with E-state index < -0.39 is 0 Å². The minimum atomic E-state index is 0.230. The molecule has 2 heteroatoms. The van der Waals surface area contributed by atoms with E-state index in [1.807, 2.05) is 30.3 Å². The summed E-state index contributed by atoms with van der Waals surface area (Å²) in [6.45, 7) is 0. The highest BCUT2D eigenvalue weighted by Gasteiger charge is 2.25. The van der Waals surface area contributed by atoms with Gasteiger partial charge in [0.05, 0.1) is 5.52 Å². The predicted molar refractivity (Wildman–Crippen MR) is 123 cm³/mol. The van der Waals surface area contributed by atoms with Gasteiger partial charge in [-0.15, -0.1) is 0 Å². The number of nitrogens with zero attached hydrogens (tertiary/aromatic N) is 1. The molecule has 30 heavy (non-hydrogen) atoms. The highest BCUT2D eigenvalue weighted by molar-refractivity contribution is 6.08. The van der Waals surface area contributed by atoms with Crippen LogP contribution in [0.5, 0.6) is 0 Å². The molecule has 0 saturated heterocycles. The van der Waals surface area contributed by atoms with Crippen LogP contribution in [0.4, 0.5) is 0 Å². The van der Waals surface area contributed by atoms with Gasteiger partial charge in [0.25, 0.3) is 0 Å². The van der Waals surface area contributed by atoms with Crippen LogP contribution in [0.3, 0.4) is 0 Å². The lowest BCUT2D eigenvalue weighted by molar-refractivity contribution is 0.112. The van der Waals surface area contributed by atoms with E-state index in [2.05, 4.69) is 48.5 Å². The summed E-state index contributed by atoms with van der Waals surface area (Å²) < 4.78 is 0. The van der Waals surface area contributed by atoms with Crippen LogP contribution < -0.4 is 0 Å². The van der Waals surface area contributed by atoms with Crippen molar-refractivity contribution in [1.29, 1.82) is 0 Å². The topological polar surface area (TPSA) is 30.0 Å². The molecule has 1 aliphatic carbocycles. The molecule has 4 aromatic carbocycles. The van der Waals surface area contributed by atoms with Gasteiger partial charge in [-0.1, -0.05) is 66.7 Å². The molecule has 0 radical (unpaired) electrons. The fraction of sp³-hybridized carbons (Fsp3) is 0.143. The second-order valence-corrected chi connectivity index (χ2v) is 8.23. The van der Waals surface area contributed by atoms with Gasteiger partial charge in [-0.2, -0.15) is 0 Å². The van der Waals surface area contributed by atoms with Gasteiger partial charge in [0.15, 0.2) is 6.29 Å². The zero-order valence-corrected chi connectivity index (χ0v) is 16.6. The number of rotatable bonds is 2. The number of hydrogen-bond donors (Lipinski definition) is 0. The fourth-order valence-electron chi connectivity index (χ4n) is 5.22. The van der Waals surface area contributed by atoms with Gasteiger partial charge >= 0.3 is 0 Å². The van der Waals surface area contributed by atoms with Crippen LogP contribution in [0.1, 0.15) is 45.9 Å². The number of aryl methyl sites for hydroxylation is 1. The van der Waals surface area contributed by atoms with E-state index >= 15 is 0 Å². The first-order chi connectivity index (χ1) is 14.8. The van der Waals surface area contributed by atoms with Crippen molar-refractivity contribution in [3.05, 3.63) is 101 Å². The zero-order valence-electron chi connectivity index (χ0n) is 16.6. The Hall–Kier alpha value is -3.52. The Bertz CT molecular complexity index is 1450. The Morgan fingerprint density at radius 1 is 0.800 bits per heavy atom. The minimum Gasteiger partial charge on any atom is -0.298 e. The van der Waals surface area contributed by atoms with Crippen LogP contribution in [0, 0.1) is 0 Å². The van der Waals surface area contributed by atoms with Crippen molar-refractivity contribution in [3.63, 3.8) is 0 Å². The lowest BCUT2D eigenvalue weighted by atomic mass is 9.78. The molecule has 1 atom stereocenters. The summed E-state index contributed by atoms with van der Waals surface area (Å²) in [4.78, 5) is 16.8. The Kier molecular flexibility index (Phi) is 3.92. The fourth-order valence-corrected chi connectivity index (χ4v) is 5.22. The molecule has 0 saturated carbocycles. The average Bonchev–Trinajstić information content (AvgIpc) is 2.82. The number of para-hydroxylation sites is 1. The van der Waals surface area contributed by atoms with Crippen molar-refractivity contribution in [3.8, 4) is 0 Å². The second-order valence-electron chi connectivity index (χ2n) is 8.23. The van der Waals surface area contributed by atoms with Crippen LogP contribution >= 0.6 is 0 Å². The first-order valence-electron chi connectivity index (χ1n) is 10.6. The normalized spacial score (nSPS) is 16.1. The SMILES string of the molecule is O=Cc1cc(C2CCCc3c2ccc2c3ccc3ccccc32)nc2ccccc12. The number of hydrogen-bond acceptors (Lipinski definition) is 2. The lowest BCUT2D eigenvalue weighted by Crippen LogP contribution is -2.13. The van der Waals surface area contributed by atoms with E-state index in [1.165, 1.54) is 32.7 Å². The Balaban J connectivity index is 1.57. The Labute approximate surface area is 175 Å². The summed E-state index contributed by atoms with van der Waals surface area (Å²) in [6, 6.07) is 27.6. The third-order valence-electron chi connectivity index (χ3n) is 6.62. The molecule has 6 rings (SSSR count). The van der Waals surface area contributed by atoms with E-state index in [0.717, 1.165) is 47.7 Å². The molecular formula is C28H21NO. The maximum Gasteiger partial charge on any atom is 0.150 e.